The molecule has 6 heteroatoms. The standard InChI is InChI=1S/C21H27NO5/c1-19(2)20(3)9-10-21(19,17(24)16(20)23)18(25)22-11-8-13-6-7-14(26-4)15(12-13)27-5/h6-7,12H,8-11H2,1-5H3,(H,22,25)/t20-,21-/m0/s1. The lowest BCUT2D eigenvalue weighted by atomic mass is 9.64. The third kappa shape index (κ3) is 2.42. The van der Waals surface area contributed by atoms with Crippen LogP contribution in [0, 0.1) is 16.2 Å². The summed E-state index contributed by atoms with van der Waals surface area (Å²) in [5.41, 5.74) is -1.68. The monoisotopic (exact) mass is 373 g/mol. The lowest BCUT2D eigenvalue weighted by molar-refractivity contribution is -0.149. The maximum Gasteiger partial charge on any atom is 0.234 e. The molecule has 1 amide bonds. The van der Waals surface area contributed by atoms with Crippen LogP contribution in [-0.4, -0.2) is 38.2 Å². The molecule has 0 radical (unpaired) electrons. The van der Waals surface area contributed by atoms with Crippen molar-refractivity contribution < 1.29 is 23.9 Å². The number of nitrogens with one attached hydrogen (secondary N) is 1. The SMILES string of the molecule is COc1ccc(CCNC(=O)[C@]23CC[C@@](C)(C(=O)C2=O)C3(C)C)cc1OC. The average molecular weight is 373 g/mol. The van der Waals surface area contributed by atoms with Gasteiger partial charge in [0.2, 0.25) is 17.5 Å². The van der Waals surface area contributed by atoms with E-state index in [0.717, 1.165) is 5.56 Å². The van der Waals surface area contributed by atoms with Gasteiger partial charge in [0.25, 0.3) is 0 Å². The zero-order valence-electron chi connectivity index (χ0n) is 16.6. The number of Topliss-reactive ketones (excluding diaryl/α,β-unsaturated/α-hetero) is 2. The van der Waals surface area contributed by atoms with Gasteiger partial charge in [-0.15, -0.1) is 0 Å². The summed E-state index contributed by atoms with van der Waals surface area (Å²) >= 11 is 0. The van der Waals surface area contributed by atoms with Gasteiger partial charge in [-0.25, -0.2) is 0 Å². The number of carbonyl (C=O) groups excluding carboxylic acids is 3. The first kappa shape index (κ1) is 19.4. The van der Waals surface area contributed by atoms with Crippen molar-refractivity contribution >= 4 is 17.5 Å². The molecule has 3 rings (SSSR count). The van der Waals surface area contributed by atoms with Crippen LogP contribution in [0.15, 0.2) is 18.2 Å². The summed E-state index contributed by atoms with van der Waals surface area (Å²) in [5.74, 6) is 0.0293. The van der Waals surface area contributed by atoms with Crippen LogP contribution in [0.25, 0.3) is 0 Å². The molecule has 27 heavy (non-hydrogen) atoms. The van der Waals surface area contributed by atoms with E-state index in [-0.39, 0.29) is 5.91 Å². The van der Waals surface area contributed by atoms with Crippen LogP contribution in [0.2, 0.25) is 0 Å². The van der Waals surface area contributed by atoms with Crippen molar-refractivity contribution in [3.8, 4) is 11.5 Å². The highest BCUT2D eigenvalue weighted by atomic mass is 16.5. The molecule has 0 spiro atoms. The van der Waals surface area contributed by atoms with Gasteiger partial charge in [0, 0.05) is 12.0 Å². The minimum atomic E-state index is -1.24. The van der Waals surface area contributed by atoms with Gasteiger partial charge in [-0.1, -0.05) is 26.8 Å². The Morgan fingerprint density at radius 3 is 2.26 bits per heavy atom. The van der Waals surface area contributed by atoms with E-state index in [1.54, 1.807) is 14.2 Å². The number of methoxy groups -OCH3 is 2. The molecule has 2 saturated carbocycles. The van der Waals surface area contributed by atoms with Gasteiger partial charge in [0.05, 0.1) is 14.2 Å². The first-order valence-corrected chi connectivity index (χ1v) is 9.24. The zero-order chi connectivity index (χ0) is 20.0. The molecular formula is C21H27NO5. The first-order valence-electron chi connectivity index (χ1n) is 9.24. The number of amides is 1. The van der Waals surface area contributed by atoms with Crippen LogP contribution in [0.4, 0.5) is 0 Å². The molecule has 1 N–H and O–H groups in total. The lowest BCUT2D eigenvalue weighted by Gasteiger charge is -2.37. The summed E-state index contributed by atoms with van der Waals surface area (Å²) in [7, 11) is 3.15. The third-order valence-corrected chi connectivity index (χ3v) is 7.08. The van der Waals surface area contributed by atoms with Crippen LogP contribution in [0.1, 0.15) is 39.2 Å². The number of fused-ring (bicyclic) bond motifs is 2. The average Bonchev–Trinajstić information content (AvgIpc) is 2.93. The Kier molecular flexibility index (Phi) is 4.57. The number of ketones is 2. The smallest absolute Gasteiger partial charge is 0.234 e. The van der Waals surface area contributed by atoms with Crippen molar-refractivity contribution in [3.05, 3.63) is 23.8 Å². The molecule has 6 nitrogen and oxygen atoms in total. The Morgan fingerprint density at radius 1 is 1.04 bits per heavy atom. The molecule has 146 valence electrons. The zero-order valence-corrected chi connectivity index (χ0v) is 16.6. The van der Waals surface area contributed by atoms with Crippen molar-refractivity contribution in [2.24, 2.45) is 16.2 Å². The third-order valence-electron chi connectivity index (χ3n) is 7.08. The molecule has 2 bridgehead atoms. The molecular weight excluding hydrogens is 346 g/mol. The second-order valence-electron chi connectivity index (χ2n) is 8.22. The first-order chi connectivity index (χ1) is 12.7. The van der Waals surface area contributed by atoms with E-state index < -0.39 is 27.8 Å². The molecule has 2 aliphatic rings. The van der Waals surface area contributed by atoms with Crippen LogP contribution >= 0.6 is 0 Å². The van der Waals surface area contributed by atoms with Crippen molar-refractivity contribution in [1.82, 2.24) is 5.32 Å². The molecule has 2 atom stereocenters. The van der Waals surface area contributed by atoms with Crippen molar-refractivity contribution in [2.45, 2.75) is 40.0 Å². The van der Waals surface area contributed by atoms with Gasteiger partial charge in [-0.2, -0.15) is 0 Å². The van der Waals surface area contributed by atoms with Crippen LogP contribution in [0.3, 0.4) is 0 Å². The van der Waals surface area contributed by atoms with Crippen LogP contribution < -0.4 is 14.8 Å². The fourth-order valence-electron chi connectivity index (χ4n) is 4.78. The maximum atomic E-state index is 13.0. The van der Waals surface area contributed by atoms with Crippen LogP contribution in [0.5, 0.6) is 11.5 Å². The summed E-state index contributed by atoms with van der Waals surface area (Å²) in [5, 5.41) is 2.90. The largest absolute Gasteiger partial charge is 0.493 e. The molecule has 0 unspecified atom stereocenters. The number of ether oxygens (including phenoxy) is 2. The second-order valence-corrected chi connectivity index (χ2v) is 8.22. The van der Waals surface area contributed by atoms with Gasteiger partial charge in [0.15, 0.2) is 11.5 Å². The van der Waals surface area contributed by atoms with Crippen molar-refractivity contribution in [1.29, 1.82) is 0 Å². The molecule has 2 aliphatic carbocycles. The minimum Gasteiger partial charge on any atom is -0.493 e. The minimum absolute atomic E-state index is 0.326. The predicted octanol–water partition coefficient (Wildman–Crippen LogP) is 2.33. The van der Waals surface area contributed by atoms with E-state index >= 15 is 0 Å². The normalized spacial score (nSPS) is 28.3. The summed E-state index contributed by atoms with van der Waals surface area (Å²) in [6.45, 7) is 5.94. The summed E-state index contributed by atoms with van der Waals surface area (Å²) in [6.07, 6.45) is 1.60. The van der Waals surface area contributed by atoms with E-state index in [9.17, 15) is 14.4 Å². The molecule has 0 saturated heterocycles. The Hall–Kier alpha value is -2.37. The highest BCUT2D eigenvalue weighted by Crippen LogP contribution is 2.68. The number of rotatable bonds is 6. The van der Waals surface area contributed by atoms with E-state index in [1.807, 2.05) is 39.0 Å². The Bertz CT molecular complexity index is 815. The highest BCUT2D eigenvalue weighted by molar-refractivity contribution is 6.48. The summed E-state index contributed by atoms with van der Waals surface area (Å²) in [6, 6.07) is 5.59. The predicted molar refractivity (Wildman–Crippen MR) is 99.8 cm³/mol. The Morgan fingerprint density at radius 2 is 1.70 bits per heavy atom. The van der Waals surface area contributed by atoms with Gasteiger partial charge in [-0.05, 0) is 42.4 Å². The van der Waals surface area contributed by atoms with Crippen molar-refractivity contribution in [3.63, 3.8) is 0 Å². The van der Waals surface area contributed by atoms with E-state index in [1.165, 1.54) is 0 Å². The molecule has 2 fully saturated rings. The lowest BCUT2D eigenvalue weighted by Crippen LogP contribution is -2.51. The van der Waals surface area contributed by atoms with Crippen molar-refractivity contribution in [2.75, 3.05) is 20.8 Å². The Balaban J connectivity index is 1.72. The number of hydrogen-bond acceptors (Lipinski definition) is 5. The molecule has 1 aromatic rings. The number of carbonyl (C=O) groups is 3. The van der Waals surface area contributed by atoms with Gasteiger partial charge in [-0.3, -0.25) is 14.4 Å². The highest BCUT2D eigenvalue weighted by Gasteiger charge is 2.77. The van der Waals surface area contributed by atoms with Gasteiger partial charge >= 0.3 is 0 Å². The topological polar surface area (TPSA) is 81.7 Å². The fourth-order valence-corrected chi connectivity index (χ4v) is 4.78. The van der Waals surface area contributed by atoms with E-state index in [2.05, 4.69) is 5.32 Å². The number of hydrogen-bond donors (Lipinski definition) is 1. The van der Waals surface area contributed by atoms with E-state index in [4.69, 9.17) is 9.47 Å². The molecule has 0 aromatic heterocycles. The fraction of sp³-hybridized carbons (Fsp3) is 0.571. The summed E-state index contributed by atoms with van der Waals surface area (Å²) in [4.78, 5) is 38.2. The summed E-state index contributed by atoms with van der Waals surface area (Å²) < 4.78 is 10.5. The Labute approximate surface area is 159 Å². The second kappa shape index (κ2) is 6.36. The van der Waals surface area contributed by atoms with E-state index in [0.29, 0.717) is 37.3 Å². The van der Waals surface area contributed by atoms with Crippen LogP contribution in [-0.2, 0) is 20.8 Å². The maximum absolute atomic E-state index is 13.0. The molecule has 0 aliphatic heterocycles. The van der Waals surface area contributed by atoms with Gasteiger partial charge in [0.1, 0.15) is 5.41 Å². The molecule has 0 heterocycles. The van der Waals surface area contributed by atoms with Gasteiger partial charge < -0.3 is 14.8 Å². The number of benzene rings is 1. The quantitative estimate of drug-likeness (QED) is 0.611. The molecule has 1 aromatic carbocycles.